The van der Waals surface area contributed by atoms with E-state index >= 15 is 0 Å². The summed E-state index contributed by atoms with van der Waals surface area (Å²) < 4.78 is 28.6. The first kappa shape index (κ1) is 18.9. The molecule has 1 saturated heterocycles. The zero-order chi connectivity index (χ0) is 18.0. The van der Waals surface area contributed by atoms with E-state index in [4.69, 9.17) is 4.74 Å². The zero-order valence-electron chi connectivity index (χ0n) is 14.9. The summed E-state index contributed by atoms with van der Waals surface area (Å²) in [6.07, 6.45) is 0.498. The van der Waals surface area contributed by atoms with E-state index in [1.165, 1.54) is 0 Å². The third-order valence-corrected chi connectivity index (χ3v) is 6.19. The lowest BCUT2D eigenvalue weighted by molar-refractivity contribution is 0.0624. The van der Waals surface area contributed by atoms with Gasteiger partial charge >= 0.3 is 0 Å². The van der Waals surface area contributed by atoms with Crippen molar-refractivity contribution in [1.82, 2.24) is 4.90 Å². The Kier molecular flexibility index (Phi) is 5.71. The zero-order valence-corrected chi connectivity index (χ0v) is 15.7. The first-order valence-electron chi connectivity index (χ1n) is 8.25. The first-order valence-corrected chi connectivity index (χ1v) is 10.1. The van der Waals surface area contributed by atoms with Gasteiger partial charge < -0.3 is 9.64 Å². The smallest absolute Gasteiger partial charge is 0.254 e. The van der Waals surface area contributed by atoms with Gasteiger partial charge in [0.1, 0.15) is 0 Å². The first-order chi connectivity index (χ1) is 11.1. The van der Waals surface area contributed by atoms with Crippen LogP contribution in [0, 0.1) is 0 Å². The Morgan fingerprint density at radius 3 is 2.33 bits per heavy atom. The van der Waals surface area contributed by atoms with E-state index in [9.17, 15) is 13.2 Å². The van der Waals surface area contributed by atoms with Crippen molar-refractivity contribution in [2.24, 2.45) is 0 Å². The molecule has 0 saturated carbocycles. The van der Waals surface area contributed by atoms with Gasteiger partial charge in [0.25, 0.3) is 5.91 Å². The normalized spacial score (nSPS) is 20.1. The maximum Gasteiger partial charge on any atom is 0.254 e. The molecule has 1 aromatic carbocycles. The van der Waals surface area contributed by atoms with Gasteiger partial charge in [-0.2, -0.15) is 0 Å². The molecule has 0 aromatic heterocycles. The second kappa shape index (κ2) is 7.23. The van der Waals surface area contributed by atoms with Crippen LogP contribution in [-0.2, 0) is 20.0 Å². The monoisotopic (exact) mass is 353 g/mol. The quantitative estimate of drug-likeness (QED) is 0.814. The fourth-order valence-corrected chi connectivity index (χ4v) is 4.67. The van der Waals surface area contributed by atoms with Crippen molar-refractivity contribution >= 4 is 15.7 Å². The standard InChI is InChI=1S/C18H27NO4S/c1-18(2,3)15-7-5-14(6-8-15)17(20)19(10-11-23-4)16-9-12-24(21,22)13-16/h5-8,16H,9-13H2,1-4H3. The Labute approximate surface area is 144 Å². The second-order valence-electron chi connectivity index (χ2n) is 7.38. The van der Waals surface area contributed by atoms with Crippen molar-refractivity contribution in [2.45, 2.75) is 38.6 Å². The summed E-state index contributed by atoms with van der Waals surface area (Å²) in [5.74, 6) is 0.0644. The Morgan fingerprint density at radius 1 is 1.25 bits per heavy atom. The lowest BCUT2D eigenvalue weighted by Gasteiger charge is -2.28. The Hall–Kier alpha value is -1.40. The predicted molar refractivity (Wildman–Crippen MR) is 95.1 cm³/mol. The van der Waals surface area contributed by atoms with Gasteiger partial charge in [-0.3, -0.25) is 4.79 Å². The Balaban J connectivity index is 2.21. The Bertz CT molecular complexity index is 674. The fraction of sp³-hybridized carbons (Fsp3) is 0.611. The highest BCUT2D eigenvalue weighted by atomic mass is 32.2. The molecule has 6 heteroatoms. The van der Waals surface area contributed by atoms with Gasteiger partial charge in [0.05, 0.1) is 18.1 Å². The average Bonchev–Trinajstić information content (AvgIpc) is 2.86. The van der Waals surface area contributed by atoms with Crippen molar-refractivity contribution in [2.75, 3.05) is 31.8 Å². The van der Waals surface area contributed by atoms with Crippen LogP contribution in [0.3, 0.4) is 0 Å². The van der Waals surface area contributed by atoms with E-state index in [0.717, 1.165) is 5.56 Å². The van der Waals surface area contributed by atoms with Crippen molar-refractivity contribution in [3.8, 4) is 0 Å². The number of ether oxygens (including phenoxy) is 1. The molecule has 0 radical (unpaired) electrons. The molecule has 2 rings (SSSR count). The lowest BCUT2D eigenvalue weighted by Crippen LogP contribution is -2.43. The molecule has 24 heavy (non-hydrogen) atoms. The highest BCUT2D eigenvalue weighted by Gasteiger charge is 2.34. The molecular weight excluding hydrogens is 326 g/mol. The summed E-state index contributed by atoms with van der Waals surface area (Å²) in [4.78, 5) is 14.5. The third-order valence-electron chi connectivity index (χ3n) is 4.44. The van der Waals surface area contributed by atoms with E-state index in [-0.39, 0.29) is 28.9 Å². The molecular formula is C18H27NO4S. The van der Waals surface area contributed by atoms with Gasteiger partial charge in [-0.25, -0.2) is 8.42 Å². The summed E-state index contributed by atoms with van der Waals surface area (Å²) >= 11 is 0. The van der Waals surface area contributed by atoms with Crippen LogP contribution in [0.15, 0.2) is 24.3 Å². The predicted octanol–water partition coefficient (Wildman–Crippen LogP) is 2.26. The maximum atomic E-state index is 12.9. The van der Waals surface area contributed by atoms with Crippen LogP contribution >= 0.6 is 0 Å². The number of carbonyl (C=O) groups is 1. The van der Waals surface area contributed by atoms with Crippen molar-refractivity contribution in [1.29, 1.82) is 0 Å². The highest BCUT2D eigenvalue weighted by Crippen LogP contribution is 2.24. The van der Waals surface area contributed by atoms with E-state index in [1.54, 1.807) is 12.0 Å². The number of carbonyl (C=O) groups excluding carboxylic acids is 1. The average molecular weight is 353 g/mol. The van der Waals surface area contributed by atoms with E-state index in [0.29, 0.717) is 25.1 Å². The van der Waals surface area contributed by atoms with Crippen LogP contribution in [-0.4, -0.2) is 57.0 Å². The topological polar surface area (TPSA) is 63.7 Å². The lowest BCUT2D eigenvalue weighted by atomic mass is 9.86. The maximum absolute atomic E-state index is 12.9. The molecule has 1 aromatic rings. The van der Waals surface area contributed by atoms with Crippen LogP contribution in [0.1, 0.15) is 43.1 Å². The largest absolute Gasteiger partial charge is 0.383 e. The molecule has 1 aliphatic heterocycles. The molecule has 5 nitrogen and oxygen atoms in total. The van der Waals surface area contributed by atoms with Gasteiger partial charge in [-0.15, -0.1) is 0 Å². The SMILES string of the molecule is COCCN(C(=O)c1ccc(C(C)(C)C)cc1)C1CCS(=O)(=O)C1. The van der Waals surface area contributed by atoms with Crippen LogP contribution in [0.2, 0.25) is 0 Å². The van der Waals surface area contributed by atoms with Crippen molar-refractivity contribution in [3.63, 3.8) is 0 Å². The molecule has 0 spiro atoms. The number of hydrogen-bond acceptors (Lipinski definition) is 4. The number of benzene rings is 1. The summed E-state index contributed by atoms with van der Waals surface area (Å²) in [5.41, 5.74) is 1.77. The summed E-state index contributed by atoms with van der Waals surface area (Å²) in [5, 5.41) is 0. The fourth-order valence-electron chi connectivity index (χ4n) is 2.94. The van der Waals surface area contributed by atoms with Gasteiger partial charge in [0, 0.05) is 25.3 Å². The van der Waals surface area contributed by atoms with E-state index < -0.39 is 9.84 Å². The second-order valence-corrected chi connectivity index (χ2v) is 9.60. The van der Waals surface area contributed by atoms with Crippen LogP contribution in [0.4, 0.5) is 0 Å². The van der Waals surface area contributed by atoms with Gasteiger partial charge in [0.2, 0.25) is 0 Å². The molecule has 1 fully saturated rings. The molecule has 0 bridgehead atoms. The number of rotatable bonds is 5. The van der Waals surface area contributed by atoms with Crippen LogP contribution in [0.25, 0.3) is 0 Å². The number of methoxy groups -OCH3 is 1. The van der Waals surface area contributed by atoms with Crippen molar-refractivity contribution < 1.29 is 17.9 Å². The van der Waals surface area contributed by atoms with Gasteiger partial charge in [-0.1, -0.05) is 32.9 Å². The van der Waals surface area contributed by atoms with Crippen molar-refractivity contribution in [3.05, 3.63) is 35.4 Å². The van der Waals surface area contributed by atoms with E-state index in [2.05, 4.69) is 20.8 Å². The number of sulfone groups is 1. The summed E-state index contributed by atoms with van der Waals surface area (Å²) in [6, 6.07) is 7.32. The minimum atomic E-state index is -3.04. The molecule has 1 unspecified atom stereocenters. The number of hydrogen-bond donors (Lipinski definition) is 0. The minimum absolute atomic E-state index is 0.0246. The molecule has 0 aliphatic carbocycles. The van der Waals surface area contributed by atoms with Gasteiger partial charge in [0.15, 0.2) is 9.84 Å². The molecule has 1 atom stereocenters. The molecule has 1 aliphatic rings. The van der Waals surface area contributed by atoms with Crippen LogP contribution in [0.5, 0.6) is 0 Å². The minimum Gasteiger partial charge on any atom is -0.383 e. The van der Waals surface area contributed by atoms with Crippen LogP contribution < -0.4 is 0 Å². The van der Waals surface area contributed by atoms with E-state index in [1.807, 2.05) is 24.3 Å². The van der Waals surface area contributed by atoms with Gasteiger partial charge in [-0.05, 0) is 29.5 Å². The summed E-state index contributed by atoms with van der Waals surface area (Å²) in [7, 11) is -1.47. The molecule has 0 N–H and O–H groups in total. The number of amides is 1. The highest BCUT2D eigenvalue weighted by molar-refractivity contribution is 7.91. The molecule has 134 valence electrons. The molecule has 1 heterocycles. The third kappa shape index (κ3) is 4.57. The molecule has 1 amide bonds. The Morgan fingerprint density at radius 2 is 1.88 bits per heavy atom. The summed E-state index contributed by atoms with van der Waals surface area (Å²) in [6.45, 7) is 7.16. The number of nitrogens with zero attached hydrogens (tertiary/aromatic N) is 1.